The number of hydrogen-bond acceptors (Lipinski definition) is 2. The maximum absolute atomic E-state index is 13.0. The Kier molecular flexibility index (Phi) is 3.97. The SMILES string of the molecule is C=CCn1c([C@@H]2CC(=O)N(c3cccc4ccccc34)C2)nc2ccccc21. The van der Waals surface area contributed by atoms with E-state index >= 15 is 0 Å². The van der Waals surface area contributed by atoms with Gasteiger partial charge in [0.2, 0.25) is 5.91 Å². The Balaban J connectivity index is 1.56. The van der Waals surface area contributed by atoms with Crippen molar-refractivity contribution >= 4 is 33.4 Å². The van der Waals surface area contributed by atoms with Crippen LogP contribution in [-0.2, 0) is 11.3 Å². The average Bonchev–Trinajstić information content (AvgIpc) is 3.29. The zero-order valence-corrected chi connectivity index (χ0v) is 15.6. The van der Waals surface area contributed by atoms with E-state index in [4.69, 9.17) is 4.98 Å². The topological polar surface area (TPSA) is 38.1 Å². The normalized spacial score (nSPS) is 16.9. The van der Waals surface area contributed by atoms with Crippen molar-refractivity contribution in [1.29, 1.82) is 0 Å². The Morgan fingerprint density at radius 2 is 1.82 bits per heavy atom. The molecular weight excluding hydrogens is 346 g/mol. The van der Waals surface area contributed by atoms with Crippen LogP contribution in [0.25, 0.3) is 21.8 Å². The molecule has 1 aliphatic rings. The summed E-state index contributed by atoms with van der Waals surface area (Å²) in [6, 6.07) is 22.5. The van der Waals surface area contributed by atoms with Crippen LogP contribution in [0, 0.1) is 0 Å². The van der Waals surface area contributed by atoms with E-state index in [-0.39, 0.29) is 11.8 Å². The van der Waals surface area contributed by atoms with Gasteiger partial charge in [0.1, 0.15) is 5.82 Å². The molecule has 4 heteroatoms. The second-order valence-electron chi connectivity index (χ2n) is 7.26. The molecule has 1 aliphatic heterocycles. The molecule has 4 aromatic rings. The Bertz CT molecular complexity index is 1200. The second-order valence-corrected chi connectivity index (χ2v) is 7.26. The number of rotatable bonds is 4. The minimum absolute atomic E-state index is 0.0684. The van der Waals surface area contributed by atoms with Crippen molar-refractivity contribution < 1.29 is 4.79 Å². The summed E-state index contributed by atoms with van der Waals surface area (Å²) in [5.74, 6) is 1.19. The lowest BCUT2D eigenvalue weighted by Gasteiger charge is -2.19. The number of aromatic nitrogens is 2. The zero-order valence-electron chi connectivity index (χ0n) is 15.6. The van der Waals surface area contributed by atoms with Gasteiger partial charge < -0.3 is 9.47 Å². The number of hydrogen-bond donors (Lipinski definition) is 0. The molecule has 0 spiro atoms. The third kappa shape index (κ3) is 2.61. The van der Waals surface area contributed by atoms with Crippen molar-refractivity contribution in [1.82, 2.24) is 9.55 Å². The van der Waals surface area contributed by atoms with Gasteiger partial charge in [-0.15, -0.1) is 6.58 Å². The Morgan fingerprint density at radius 3 is 2.71 bits per heavy atom. The van der Waals surface area contributed by atoms with Crippen LogP contribution in [0.5, 0.6) is 0 Å². The van der Waals surface area contributed by atoms with E-state index in [1.807, 2.05) is 53.4 Å². The van der Waals surface area contributed by atoms with Gasteiger partial charge in [0.25, 0.3) is 0 Å². The quantitative estimate of drug-likeness (QED) is 0.481. The third-order valence-electron chi connectivity index (χ3n) is 5.54. The first kappa shape index (κ1) is 16.8. The molecule has 0 N–H and O–H groups in total. The van der Waals surface area contributed by atoms with Crippen molar-refractivity contribution in [2.24, 2.45) is 0 Å². The molecule has 0 bridgehead atoms. The van der Waals surface area contributed by atoms with Crippen LogP contribution in [0.2, 0.25) is 0 Å². The van der Waals surface area contributed by atoms with Crippen LogP contribution in [-0.4, -0.2) is 22.0 Å². The van der Waals surface area contributed by atoms with Gasteiger partial charge in [-0.1, -0.05) is 54.6 Å². The number of amides is 1. The highest BCUT2D eigenvalue weighted by Crippen LogP contribution is 2.36. The van der Waals surface area contributed by atoms with E-state index in [0.717, 1.165) is 33.3 Å². The molecule has 1 amide bonds. The molecule has 0 unspecified atom stereocenters. The van der Waals surface area contributed by atoms with Gasteiger partial charge >= 0.3 is 0 Å². The molecule has 4 nitrogen and oxygen atoms in total. The Labute approximate surface area is 163 Å². The third-order valence-corrected chi connectivity index (χ3v) is 5.54. The zero-order chi connectivity index (χ0) is 19.1. The lowest BCUT2D eigenvalue weighted by atomic mass is 10.1. The van der Waals surface area contributed by atoms with Crippen molar-refractivity contribution in [2.75, 3.05) is 11.4 Å². The molecule has 2 heterocycles. The van der Waals surface area contributed by atoms with E-state index in [1.54, 1.807) is 0 Å². The first-order chi connectivity index (χ1) is 13.8. The predicted octanol–water partition coefficient (Wildman–Crippen LogP) is 4.90. The van der Waals surface area contributed by atoms with Crippen LogP contribution in [0.15, 0.2) is 79.4 Å². The summed E-state index contributed by atoms with van der Waals surface area (Å²) in [7, 11) is 0. The number of para-hydroxylation sites is 2. The highest BCUT2D eigenvalue weighted by atomic mass is 16.2. The summed E-state index contributed by atoms with van der Waals surface area (Å²) < 4.78 is 2.19. The van der Waals surface area contributed by atoms with Crippen molar-refractivity contribution in [2.45, 2.75) is 18.9 Å². The highest BCUT2D eigenvalue weighted by molar-refractivity contribution is 6.05. The average molecular weight is 367 g/mol. The van der Waals surface area contributed by atoms with Crippen molar-refractivity contribution in [3.05, 3.63) is 85.2 Å². The number of benzene rings is 3. The lowest BCUT2D eigenvalue weighted by molar-refractivity contribution is -0.117. The lowest BCUT2D eigenvalue weighted by Crippen LogP contribution is -2.24. The number of anilines is 1. The molecular formula is C24H21N3O. The molecule has 0 radical (unpaired) electrons. The summed E-state index contributed by atoms with van der Waals surface area (Å²) in [6.45, 7) is 5.23. The molecule has 1 fully saturated rings. The van der Waals surface area contributed by atoms with Gasteiger partial charge in [0.15, 0.2) is 0 Å². The number of allylic oxidation sites excluding steroid dienone is 1. The number of carbonyl (C=O) groups excluding carboxylic acids is 1. The van der Waals surface area contributed by atoms with Crippen LogP contribution < -0.4 is 4.90 Å². The van der Waals surface area contributed by atoms with E-state index in [2.05, 4.69) is 35.4 Å². The molecule has 1 aromatic heterocycles. The summed E-state index contributed by atoms with van der Waals surface area (Å²) in [5, 5.41) is 2.26. The maximum atomic E-state index is 13.0. The summed E-state index contributed by atoms with van der Waals surface area (Å²) in [4.78, 5) is 19.8. The number of imidazole rings is 1. The van der Waals surface area contributed by atoms with Crippen LogP contribution in [0.1, 0.15) is 18.2 Å². The van der Waals surface area contributed by atoms with E-state index < -0.39 is 0 Å². The van der Waals surface area contributed by atoms with E-state index in [1.165, 1.54) is 0 Å². The standard InChI is InChI=1S/C24H21N3O/c1-2-14-26-22-12-6-5-11-20(22)25-24(26)18-15-23(28)27(16-18)21-13-7-9-17-8-3-4-10-19(17)21/h2-13,18H,1,14-16H2/t18-/m1/s1. The molecule has 1 saturated heterocycles. The van der Waals surface area contributed by atoms with E-state index in [0.29, 0.717) is 19.5 Å². The monoisotopic (exact) mass is 367 g/mol. The van der Waals surface area contributed by atoms with Crippen molar-refractivity contribution in [3.8, 4) is 0 Å². The number of carbonyl (C=O) groups is 1. The molecule has 3 aromatic carbocycles. The summed E-state index contributed by atoms with van der Waals surface area (Å²) >= 11 is 0. The fraction of sp³-hybridized carbons (Fsp3) is 0.167. The summed E-state index contributed by atoms with van der Waals surface area (Å²) in [6.07, 6.45) is 2.36. The van der Waals surface area contributed by atoms with Crippen LogP contribution >= 0.6 is 0 Å². The van der Waals surface area contributed by atoms with Gasteiger partial charge in [-0.3, -0.25) is 4.79 Å². The van der Waals surface area contributed by atoms with Crippen LogP contribution in [0.4, 0.5) is 5.69 Å². The number of fused-ring (bicyclic) bond motifs is 2. The molecule has 0 saturated carbocycles. The molecule has 0 aliphatic carbocycles. The van der Waals surface area contributed by atoms with Gasteiger partial charge in [-0.2, -0.15) is 0 Å². The minimum Gasteiger partial charge on any atom is -0.324 e. The van der Waals surface area contributed by atoms with Crippen molar-refractivity contribution in [3.63, 3.8) is 0 Å². The van der Waals surface area contributed by atoms with Gasteiger partial charge in [0.05, 0.1) is 16.7 Å². The molecule has 1 atom stereocenters. The Morgan fingerprint density at radius 1 is 1.04 bits per heavy atom. The fourth-order valence-electron chi connectivity index (χ4n) is 4.28. The second kappa shape index (κ2) is 6.64. The van der Waals surface area contributed by atoms with Gasteiger partial charge in [-0.05, 0) is 23.6 Å². The van der Waals surface area contributed by atoms with Crippen LogP contribution in [0.3, 0.4) is 0 Å². The largest absolute Gasteiger partial charge is 0.324 e. The van der Waals surface area contributed by atoms with Gasteiger partial charge in [-0.25, -0.2) is 4.98 Å². The first-order valence-electron chi connectivity index (χ1n) is 9.60. The van der Waals surface area contributed by atoms with Gasteiger partial charge in [0, 0.05) is 30.8 Å². The smallest absolute Gasteiger partial charge is 0.227 e. The molecule has 28 heavy (non-hydrogen) atoms. The number of nitrogens with zero attached hydrogens (tertiary/aromatic N) is 3. The summed E-state index contributed by atoms with van der Waals surface area (Å²) in [5.41, 5.74) is 3.04. The Hall–Kier alpha value is -3.40. The highest BCUT2D eigenvalue weighted by Gasteiger charge is 2.35. The predicted molar refractivity (Wildman–Crippen MR) is 114 cm³/mol. The fourth-order valence-corrected chi connectivity index (χ4v) is 4.28. The molecule has 138 valence electrons. The molecule has 5 rings (SSSR count). The first-order valence-corrected chi connectivity index (χ1v) is 9.60. The maximum Gasteiger partial charge on any atom is 0.227 e. The van der Waals surface area contributed by atoms with E-state index in [9.17, 15) is 4.79 Å². The minimum atomic E-state index is 0.0684.